The molecule has 4 N–H and O–H groups in total. The fourth-order valence-electron chi connectivity index (χ4n) is 2.42. The van der Waals surface area contributed by atoms with E-state index in [2.05, 4.69) is 42.2 Å². The summed E-state index contributed by atoms with van der Waals surface area (Å²) < 4.78 is 25.6. The van der Waals surface area contributed by atoms with E-state index in [1.807, 2.05) is 4.83 Å². The van der Waals surface area contributed by atoms with Gasteiger partial charge in [0.25, 0.3) is 15.9 Å². The molecule has 0 unspecified atom stereocenters. The maximum Gasteiger partial charge on any atom is 0.356 e. The van der Waals surface area contributed by atoms with Gasteiger partial charge in [-0.3, -0.25) is 31.2 Å². The second-order valence-electron chi connectivity index (χ2n) is 6.31. The first kappa shape index (κ1) is 23.1. The van der Waals surface area contributed by atoms with Crippen molar-refractivity contribution < 1.29 is 18.1 Å². The minimum absolute atomic E-state index is 0.0487. The maximum atomic E-state index is 12.4. The lowest BCUT2D eigenvalue weighted by Crippen LogP contribution is -2.32. The first-order valence-corrected chi connectivity index (χ1v) is 11.1. The van der Waals surface area contributed by atoms with Crippen molar-refractivity contribution >= 4 is 49.2 Å². The Hall–Kier alpha value is -3.62. The first-order chi connectivity index (χ1) is 15.2. The highest BCUT2D eigenvalue weighted by molar-refractivity contribution is 9.10. The number of rotatable bonds is 8. The molecule has 14 heteroatoms. The van der Waals surface area contributed by atoms with Crippen LogP contribution >= 0.6 is 15.9 Å². The summed E-state index contributed by atoms with van der Waals surface area (Å²) in [7, 11) is -4.03. The molecule has 0 saturated carbocycles. The lowest BCUT2D eigenvalue weighted by molar-refractivity contribution is -0.383. The van der Waals surface area contributed by atoms with Crippen molar-refractivity contribution in [3.8, 4) is 0 Å². The van der Waals surface area contributed by atoms with Crippen molar-refractivity contribution in [3.63, 3.8) is 0 Å². The number of aryl methyl sites for hydroxylation is 1. The van der Waals surface area contributed by atoms with Crippen molar-refractivity contribution in [1.29, 1.82) is 0 Å². The topological polar surface area (TPSA) is 168 Å². The SMILES string of the molecule is Cc1ccc(S(=O)(=O)NNc2ncnc(NNC(=O)c3ccc(Br)cc3)c2[N+](=O)[O-])cc1. The predicted molar refractivity (Wildman–Crippen MR) is 119 cm³/mol. The number of nitrogens with zero attached hydrogens (tertiary/aromatic N) is 3. The van der Waals surface area contributed by atoms with E-state index in [4.69, 9.17) is 0 Å². The number of nitro groups is 1. The highest BCUT2D eigenvalue weighted by Gasteiger charge is 2.25. The largest absolute Gasteiger partial charge is 0.356 e. The Morgan fingerprint density at radius 1 is 1.00 bits per heavy atom. The van der Waals surface area contributed by atoms with E-state index >= 15 is 0 Å². The molecule has 12 nitrogen and oxygen atoms in total. The fraction of sp³-hybridized carbons (Fsp3) is 0.0556. The van der Waals surface area contributed by atoms with Gasteiger partial charge in [0.2, 0.25) is 11.6 Å². The van der Waals surface area contributed by atoms with Gasteiger partial charge in [-0.05, 0) is 43.3 Å². The van der Waals surface area contributed by atoms with Crippen LogP contribution < -0.4 is 21.1 Å². The number of benzene rings is 2. The van der Waals surface area contributed by atoms with Crippen LogP contribution in [-0.2, 0) is 10.0 Å². The molecule has 0 spiro atoms. The van der Waals surface area contributed by atoms with E-state index in [1.165, 1.54) is 12.1 Å². The quantitative estimate of drug-likeness (QED) is 0.257. The molecule has 1 heterocycles. The Balaban J connectivity index is 1.77. The number of carbonyl (C=O) groups excluding carboxylic acids is 1. The van der Waals surface area contributed by atoms with Crippen molar-refractivity contribution in [2.45, 2.75) is 11.8 Å². The average Bonchev–Trinajstić information content (AvgIpc) is 2.76. The van der Waals surface area contributed by atoms with Crippen LogP contribution in [0.15, 0.2) is 64.2 Å². The number of aromatic nitrogens is 2. The number of hydrogen-bond donors (Lipinski definition) is 4. The summed E-state index contributed by atoms with van der Waals surface area (Å²) in [5.74, 6) is -1.35. The van der Waals surface area contributed by atoms with Gasteiger partial charge < -0.3 is 0 Å². The van der Waals surface area contributed by atoms with Gasteiger partial charge in [-0.25, -0.2) is 18.4 Å². The van der Waals surface area contributed by atoms with E-state index in [0.717, 1.165) is 16.4 Å². The fourth-order valence-corrected chi connectivity index (χ4v) is 3.52. The Bertz CT molecular complexity index is 1250. The van der Waals surface area contributed by atoms with E-state index in [0.29, 0.717) is 5.56 Å². The number of sulfonamides is 1. The molecular formula is C18H16BrN7O5S. The molecule has 2 aromatic carbocycles. The molecule has 0 saturated heterocycles. The Kier molecular flexibility index (Phi) is 6.97. The standard InChI is InChI=1S/C18H16BrN7O5S/c1-11-2-8-14(9-3-11)32(30,31)25-23-17-15(26(28)29)16(20-10-21-17)22-24-18(27)12-4-6-13(19)7-5-12/h2-10,25H,1H3,(H,24,27)(H2,20,21,22,23). The van der Waals surface area contributed by atoms with Gasteiger partial charge in [-0.15, -0.1) is 4.83 Å². The normalized spacial score (nSPS) is 10.9. The highest BCUT2D eigenvalue weighted by atomic mass is 79.9. The van der Waals surface area contributed by atoms with Crippen LogP contribution in [0, 0.1) is 17.0 Å². The van der Waals surface area contributed by atoms with Crippen LogP contribution in [0.4, 0.5) is 17.3 Å². The van der Waals surface area contributed by atoms with Crippen molar-refractivity contribution in [2.75, 3.05) is 10.9 Å². The van der Waals surface area contributed by atoms with E-state index in [1.54, 1.807) is 43.3 Å². The molecule has 0 radical (unpaired) electrons. The molecular weight excluding hydrogens is 506 g/mol. The molecule has 0 aliphatic heterocycles. The zero-order chi connectivity index (χ0) is 23.3. The third kappa shape index (κ3) is 5.54. The van der Waals surface area contributed by atoms with Gasteiger partial charge in [0.15, 0.2) is 0 Å². The number of hydrazine groups is 2. The van der Waals surface area contributed by atoms with Crippen LogP contribution in [-0.4, -0.2) is 29.2 Å². The number of anilines is 2. The summed E-state index contributed by atoms with van der Waals surface area (Å²) in [6.07, 6.45) is 0.962. The van der Waals surface area contributed by atoms with Crippen molar-refractivity contribution in [2.24, 2.45) is 0 Å². The van der Waals surface area contributed by atoms with Gasteiger partial charge in [0, 0.05) is 10.0 Å². The van der Waals surface area contributed by atoms with Gasteiger partial charge >= 0.3 is 5.69 Å². The second-order valence-corrected chi connectivity index (χ2v) is 8.90. The monoisotopic (exact) mass is 521 g/mol. The van der Waals surface area contributed by atoms with Gasteiger partial charge in [0.05, 0.1) is 9.82 Å². The summed E-state index contributed by atoms with van der Waals surface area (Å²) in [5.41, 5.74) is 7.36. The number of amides is 1. The smallest absolute Gasteiger partial charge is 0.286 e. The molecule has 0 aliphatic carbocycles. The van der Waals surface area contributed by atoms with E-state index < -0.39 is 32.4 Å². The van der Waals surface area contributed by atoms with Gasteiger partial charge in [-0.2, -0.15) is 0 Å². The molecule has 0 bridgehead atoms. The second kappa shape index (κ2) is 9.67. The summed E-state index contributed by atoms with van der Waals surface area (Å²) in [4.78, 5) is 32.4. The Morgan fingerprint density at radius 2 is 1.59 bits per heavy atom. The van der Waals surface area contributed by atoms with Crippen LogP contribution in [0.5, 0.6) is 0 Å². The first-order valence-electron chi connectivity index (χ1n) is 8.83. The van der Waals surface area contributed by atoms with E-state index in [-0.39, 0.29) is 10.7 Å². The lowest BCUT2D eigenvalue weighted by Gasteiger charge is -2.12. The minimum atomic E-state index is -4.03. The molecule has 32 heavy (non-hydrogen) atoms. The number of carbonyl (C=O) groups is 1. The molecule has 3 aromatic rings. The van der Waals surface area contributed by atoms with Crippen LogP contribution in [0.1, 0.15) is 15.9 Å². The molecule has 3 rings (SSSR count). The van der Waals surface area contributed by atoms with Crippen molar-refractivity contribution in [3.05, 3.63) is 80.6 Å². The molecule has 166 valence electrons. The summed E-state index contributed by atoms with van der Waals surface area (Å²) in [6, 6.07) is 12.4. The maximum absolute atomic E-state index is 12.4. The van der Waals surface area contributed by atoms with E-state index in [9.17, 15) is 23.3 Å². The number of nitrogens with one attached hydrogen (secondary N) is 4. The zero-order valence-electron chi connectivity index (χ0n) is 16.4. The Labute approximate surface area is 190 Å². The van der Waals surface area contributed by atoms with Gasteiger partial charge in [-0.1, -0.05) is 33.6 Å². The van der Waals surface area contributed by atoms with Crippen LogP contribution in [0.25, 0.3) is 0 Å². The third-order valence-electron chi connectivity index (χ3n) is 4.04. The minimum Gasteiger partial charge on any atom is -0.286 e. The zero-order valence-corrected chi connectivity index (χ0v) is 18.8. The lowest BCUT2D eigenvalue weighted by atomic mass is 10.2. The molecule has 1 amide bonds. The van der Waals surface area contributed by atoms with Gasteiger partial charge in [0.1, 0.15) is 6.33 Å². The Morgan fingerprint density at radius 3 is 2.19 bits per heavy atom. The number of halogens is 1. The highest BCUT2D eigenvalue weighted by Crippen LogP contribution is 2.28. The summed E-state index contributed by atoms with van der Waals surface area (Å²) in [6.45, 7) is 1.80. The summed E-state index contributed by atoms with van der Waals surface area (Å²) in [5, 5.41) is 11.6. The third-order valence-corrected chi connectivity index (χ3v) is 5.83. The summed E-state index contributed by atoms with van der Waals surface area (Å²) >= 11 is 3.26. The predicted octanol–water partition coefficient (Wildman–Crippen LogP) is 2.52. The van der Waals surface area contributed by atoms with Crippen LogP contribution in [0.3, 0.4) is 0 Å². The molecule has 0 aliphatic rings. The molecule has 0 atom stereocenters. The molecule has 0 fully saturated rings. The molecule has 1 aromatic heterocycles. The van der Waals surface area contributed by atoms with Crippen molar-refractivity contribution in [1.82, 2.24) is 20.2 Å². The number of hydrogen-bond acceptors (Lipinski definition) is 9. The van der Waals surface area contributed by atoms with Crippen LogP contribution in [0.2, 0.25) is 0 Å². The average molecular weight is 522 g/mol.